The highest BCUT2D eigenvalue weighted by Gasteiger charge is 2.42. The van der Waals surface area contributed by atoms with Gasteiger partial charge in [-0.1, -0.05) is 26.0 Å². The second-order valence-corrected chi connectivity index (χ2v) is 8.02. The number of anilines is 1. The van der Waals surface area contributed by atoms with Crippen LogP contribution in [0.5, 0.6) is 0 Å². The summed E-state index contributed by atoms with van der Waals surface area (Å²) in [7, 11) is -3.76. The van der Waals surface area contributed by atoms with Crippen LogP contribution in [-0.4, -0.2) is 33.3 Å². The molecule has 0 radical (unpaired) electrons. The molecule has 3 N–H and O–H groups in total. The third kappa shape index (κ3) is 3.09. The fourth-order valence-electron chi connectivity index (χ4n) is 3.06. The van der Waals surface area contributed by atoms with Crippen molar-refractivity contribution in [2.24, 2.45) is 0 Å². The summed E-state index contributed by atoms with van der Waals surface area (Å²) in [5.74, 6) is -0.240. The van der Waals surface area contributed by atoms with Crippen LogP contribution in [0, 0.1) is 0 Å². The molecule has 0 saturated carbocycles. The van der Waals surface area contributed by atoms with Gasteiger partial charge in [0.05, 0.1) is 26.9 Å². The van der Waals surface area contributed by atoms with Crippen LogP contribution >= 0.6 is 0 Å². The number of rotatable bonds is 6. The Morgan fingerprint density at radius 3 is 2.56 bits per heavy atom. The molecule has 25 heavy (non-hydrogen) atoms. The minimum absolute atomic E-state index is 0.116. The predicted molar refractivity (Wildman–Crippen MR) is 97.7 cm³/mol. The molecule has 3 rings (SSSR count). The van der Waals surface area contributed by atoms with E-state index >= 15 is 0 Å². The molecular formula is C18H23N3O3S. The number of hydrogen-bond acceptors (Lipinski definition) is 6. The van der Waals surface area contributed by atoms with Crippen LogP contribution in [0.1, 0.15) is 26.7 Å². The van der Waals surface area contributed by atoms with Gasteiger partial charge in [0.2, 0.25) is 9.84 Å². The van der Waals surface area contributed by atoms with Crippen LogP contribution in [0.2, 0.25) is 0 Å². The zero-order valence-corrected chi connectivity index (χ0v) is 15.2. The standard InChI is InChI=1S/C18H23N3O3S/c1-3-9-19-13-11-14(22)17(20-10-4-2)18-16(13)21-12-7-5-6-8-15(12)25(18,23)24/h5-8,11,17,19-21H,3-4,9-10H2,1-2H3. The number of sulfone groups is 1. The van der Waals surface area contributed by atoms with Crippen LogP contribution in [0.15, 0.2) is 51.5 Å². The van der Waals surface area contributed by atoms with Crippen molar-refractivity contribution in [3.05, 3.63) is 46.6 Å². The zero-order valence-electron chi connectivity index (χ0n) is 14.4. The van der Waals surface area contributed by atoms with E-state index < -0.39 is 15.9 Å². The highest BCUT2D eigenvalue weighted by Crippen LogP contribution is 2.39. The highest BCUT2D eigenvalue weighted by atomic mass is 32.2. The van der Waals surface area contributed by atoms with Crippen molar-refractivity contribution >= 4 is 21.3 Å². The minimum Gasteiger partial charge on any atom is -0.383 e. The van der Waals surface area contributed by atoms with Crippen molar-refractivity contribution in [3.8, 4) is 0 Å². The van der Waals surface area contributed by atoms with Crippen LogP contribution in [0.4, 0.5) is 5.69 Å². The number of ketones is 1. The third-order valence-electron chi connectivity index (χ3n) is 4.24. The van der Waals surface area contributed by atoms with Crippen molar-refractivity contribution in [2.75, 3.05) is 18.4 Å². The van der Waals surface area contributed by atoms with E-state index in [0.29, 0.717) is 30.2 Å². The Kier molecular flexibility index (Phi) is 4.96. The minimum atomic E-state index is -3.76. The van der Waals surface area contributed by atoms with E-state index in [1.807, 2.05) is 13.8 Å². The van der Waals surface area contributed by atoms with Gasteiger partial charge in [0.1, 0.15) is 6.04 Å². The van der Waals surface area contributed by atoms with Gasteiger partial charge < -0.3 is 16.0 Å². The van der Waals surface area contributed by atoms with Crippen LogP contribution in [0.3, 0.4) is 0 Å². The van der Waals surface area contributed by atoms with E-state index in [0.717, 1.165) is 12.8 Å². The smallest absolute Gasteiger partial charge is 0.208 e. The maximum Gasteiger partial charge on any atom is 0.208 e. The molecule has 134 valence electrons. The Morgan fingerprint density at radius 1 is 1.12 bits per heavy atom. The van der Waals surface area contributed by atoms with E-state index in [2.05, 4.69) is 16.0 Å². The summed E-state index contributed by atoms with van der Waals surface area (Å²) in [6.45, 7) is 5.21. The summed E-state index contributed by atoms with van der Waals surface area (Å²) in [4.78, 5) is 12.9. The second-order valence-electron chi connectivity index (χ2n) is 6.14. The fraction of sp³-hybridized carbons (Fsp3) is 0.389. The van der Waals surface area contributed by atoms with Crippen LogP contribution in [0.25, 0.3) is 0 Å². The van der Waals surface area contributed by atoms with Crippen molar-refractivity contribution in [3.63, 3.8) is 0 Å². The molecule has 1 unspecified atom stereocenters. The fourth-order valence-corrected chi connectivity index (χ4v) is 4.90. The molecule has 2 aliphatic rings. The Hall–Kier alpha value is -2.12. The maximum atomic E-state index is 13.2. The van der Waals surface area contributed by atoms with E-state index in [1.165, 1.54) is 6.08 Å². The average Bonchev–Trinajstić information content (AvgIpc) is 2.59. The monoisotopic (exact) mass is 361 g/mol. The van der Waals surface area contributed by atoms with E-state index in [9.17, 15) is 13.2 Å². The molecule has 0 aromatic heterocycles. The molecule has 0 spiro atoms. The van der Waals surface area contributed by atoms with E-state index in [-0.39, 0.29) is 15.6 Å². The Morgan fingerprint density at radius 2 is 1.84 bits per heavy atom. The second kappa shape index (κ2) is 7.01. The van der Waals surface area contributed by atoms with Gasteiger partial charge in [-0.05, 0) is 31.5 Å². The first-order valence-corrected chi connectivity index (χ1v) is 10.1. The summed E-state index contributed by atoms with van der Waals surface area (Å²) >= 11 is 0. The first-order valence-electron chi connectivity index (χ1n) is 8.59. The van der Waals surface area contributed by atoms with E-state index in [1.54, 1.807) is 24.3 Å². The number of benzene rings is 1. The van der Waals surface area contributed by atoms with Crippen LogP contribution < -0.4 is 16.0 Å². The lowest BCUT2D eigenvalue weighted by Gasteiger charge is -2.33. The number of fused-ring (bicyclic) bond motifs is 1. The molecule has 1 aromatic carbocycles. The predicted octanol–water partition coefficient (Wildman–Crippen LogP) is 1.93. The Balaban J connectivity index is 2.14. The van der Waals surface area contributed by atoms with Crippen molar-refractivity contribution < 1.29 is 13.2 Å². The lowest BCUT2D eigenvalue weighted by Crippen LogP contribution is -2.46. The Bertz CT molecular complexity index is 856. The molecule has 1 aromatic rings. The molecular weight excluding hydrogens is 338 g/mol. The maximum absolute atomic E-state index is 13.2. The molecule has 1 atom stereocenters. The molecule has 1 heterocycles. The van der Waals surface area contributed by atoms with Gasteiger partial charge in [0.15, 0.2) is 5.78 Å². The number of carbonyl (C=O) groups is 1. The Labute approximate surface area is 148 Å². The molecule has 0 bridgehead atoms. The van der Waals surface area contributed by atoms with Gasteiger partial charge >= 0.3 is 0 Å². The molecule has 0 fully saturated rings. The van der Waals surface area contributed by atoms with Gasteiger partial charge in [0, 0.05) is 12.6 Å². The van der Waals surface area contributed by atoms with E-state index in [4.69, 9.17) is 0 Å². The van der Waals surface area contributed by atoms with Gasteiger partial charge in [-0.3, -0.25) is 4.79 Å². The van der Waals surface area contributed by atoms with Gasteiger partial charge in [-0.15, -0.1) is 0 Å². The third-order valence-corrected chi connectivity index (χ3v) is 6.19. The largest absolute Gasteiger partial charge is 0.383 e. The molecule has 0 saturated heterocycles. The first kappa shape index (κ1) is 17.7. The molecule has 1 aliphatic heterocycles. The van der Waals surface area contributed by atoms with Crippen molar-refractivity contribution in [1.82, 2.24) is 10.6 Å². The van der Waals surface area contributed by atoms with Gasteiger partial charge in [-0.2, -0.15) is 0 Å². The molecule has 7 heteroatoms. The number of para-hydroxylation sites is 1. The number of carbonyl (C=O) groups excluding carboxylic acids is 1. The van der Waals surface area contributed by atoms with Gasteiger partial charge in [-0.25, -0.2) is 8.42 Å². The zero-order chi connectivity index (χ0) is 18.0. The summed E-state index contributed by atoms with van der Waals surface area (Å²) in [5.41, 5.74) is 1.55. The summed E-state index contributed by atoms with van der Waals surface area (Å²) in [6.07, 6.45) is 3.17. The summed E-state index contributed by atoms with van der Waals surface area (Å²) in [5, 5.41) is 9.48. The highest BCUT2D eigenvalue weighted by molar-refractivity contribution is 7.95. The van der Waals surface area contributed by atoms with Crippen molar-refractivity contribution in [1.29, 1.82) is 0 Å². The van der Waals surface area contributed by atoms with Crippen LogP contribution in [-0.2, 0) is 14.6 Å². The average molecular weight is 361 g/mol. The summed E-state index contributed by atoms with van der Waals surface area (Å²) in [6, 6.07) is 5.93. The van der Waals surface area contributed by atoms with Gasteiger partial charge in [0.25, 0.3) is 0 Å². The lowest BCUT2D eigenvalue weighted by molar-refractivity contribution is -0.115. The summed E-state index contributed by atoms with van der Waals surface area (Å²) < 4.78 is 26.5. The van der Waals surface area contributed by atoms with Crippen molar-refractivity contribution in [2.45, 2.75) is 37.6 Å². The molecule has 0 amide bonds. The first-order chi connectivity index (χ1) is 12.0. The topological polar surface area (TPSA) is 87.3 Å². The normalized spacial score (nSPS) is 21.1. The lowest BCUT2D eigenvalue weighted by atomic mass is 10.0. The molecule has 1 aliphatic carbocycles. The number of hydrogen-bond donors (Lipinski definition) is 3. The molecule has 6 nitrogen and oxygen atoms in total. The number of nitrogens with one attached hydrogen (secondary N) is 3. The quantitative estimate of drug-likeness (QED) is 0.718. The SMILES string of the molecule is CCCNC1=CC(=O)C(NCCC)C2=C1Nc1ccccc1S2(=O)=O.